The lowest BCUT2D eigenvalue weighted by molar-refractivity contribution is -0.122. The third-order valence-corrected chi connectivity index (χ3v) is 7.01. The summed E-state index contributed by atoms with van der Waals surface area (Å²) in [4.78, 5) is 39.5. The van der Waals surface area contributed by atoms with E-state index < -0.39 is 17.8 Å². The molecule has 36 heavy (non-hydrogen) atoms. The molecule has 2 aromatic carbocycles. The quantitative estimate of drug-likeness (QED) is 0.209. The monoisotopic (exact) mass is 541 g/mol. The van der Waals surface area contributed by atoms with E-state index in [0.29, 0.717) is 11.1 Å². The summed E-state index contributed by atoms with van der Waals surface area (Å²) in [5.41, 5.74) is 4.55. The number of nitrogens with one attached hydrogen (secondary N) is 1. The summed E-state index contributed by atoms with van der Waals surface area (Å²) >= 11 is 17.7. The van der Waals surface area contributed by atoms with Crippen LogP contribution in [0.5, 0.6) is 0 Å². The number of ether oxygens (including phenoxy) is 1. The van der Waals surface area contributed by atoms with Crippen molar-refractivity contribution >= 4 is 70.1 Å². The van der Waals surface area contributed by atoms with Gasteiger partial charge in [0.1, 0.15) is 5.57 Å². The van der Waals surface area contributed by atoms with Crippen molar-refractivity contribution in [1.82, 2.24) is 9.88 Å². The number of carbonyl (C=O) groups excluding carboxylic acids is 3. The highest BCUT2D eigenvalue weighted by Gasteiger charge is 2.36. The summed E-state index contributed by atoms with van der Waals surface area (Å²) in [6.45, 7) is 5.69. The second-order valence-corrected chi connectivity index (χ2v) is 9.36. The van der Waals surface area contributed by atoms with Crippen LogP contribution >= 0.6 is 35.4 Å². The molecule has 1 saturated heterocycles. The van der Waals surface area contributed by atoms with Gasteiger partial charge in [0, 0.05) is 17.1 Å². The first kappa shape index (κ1) is 25.6. The van der Waals surface area contributed by atoms with E-state index in [2.05, 4.69) is 5.32 Å². The Labute approximate surface area is 223 Å². The summed E-state index contributed by atoms with van der Waals surface area (Å²) in [5, 5.41) is 2.86. The molecular formula is C26H21Cl2N3O4S. The van der Waals surface area contributed by atoms with Crippen molar-refractivity contribution in [3.05, 3.63) is 86.2 Å². The number of halogens is 2. The van der Waals surface area contributed by atoms with E-state index in [1.54, 1.807) is 30.3 Å². The van der Waals surface area contributed by atoms with Crippen molar-refractivity contribution in [2.75, 3.05) is 12.0 Å². The molecule has 184 valence electrons. The molecule has 1 aliphatic rings. The molecule has 4 rings (SSSR count). The van der Waals surface area contributed by atoms with E-state index in [1.165, 1.54) is 13.2 Å². The molecule has 2 heterocycles. The van der Waals surface area contributed by atoms with E-state index in [4.69, 9.17) is 40.2 Å². The number of anilines is 1. The minimum Gasteiger partial charge on any atom is -0.465 e. The molecule has 0 atom stereocenters. The van der Waals surface area contributed by atoms with Crippen LogP contribution in [0.25, 0.3) is 11.8 Å². The van der Waals surface area contributed by atoms with Gasteiger partial charge in [0.2, 0.25) is 0 Å². The number of hydrogen-bond acceptors (Lipinski definition) is 5. The molecule has 0 saturated carbocycles. The average molecular weight is 542 g/mol. The number of aryl methyl sites for hydroxylation is 2. The predicted octanol–water partition coefficient (Wildman–Crippen LogP) is 5.33. The first-order valence-corrected chi connectivity index (χ1v) is 11.9. The lowest BCUT2D eigenvalue weighted by Gasteiger charge is -2.29. The van der Waals surface area contributed by atoms with Gasteiger partial charge in [-0.05, 0) is 80.5 Å². The van der Waals surface area contributed by atoms with Crippen LogP contribution in [0.3, 0.4) is 0 Å². The topological polar surface area (TPSA) is 80.6 Å². The Kier molecular flexibility index (Phi) is 7.04. The van der Waals surface area contributed by atoms with E-state index >= 15 is 0 Å². The maximum absolute atomic E-state index is 13.4. The van der Waals surface area contributed by atoms with Crippen LogP contribution in [-0.2, 0) is 14.3 Å². The van der Waals surface area contributed by atoms with Crippen LogP contribution in [0.15, 0.2) is 48.0 Å². The highest BCUT2D eigenvalue weighted by molar-refractivity contribution is 7.80. The van der Waals surface area contributed by atoms with Crippen LogP contribution in [0.1, 0.15) is 32.9 Å². The van der Waals surface area contributed by atoms with Crippen LogP contribution in [0.2, 0.25) is 10.0 Å². The number of hydrogen-bond donors (Lipinski definition) is 1. The Balaban J connectivity index is 1.80. The maximum Gasteiger partial charge on any atom is 0.337 e. The van der Waals surface area contributed by atoms with E-state index in [0.717, 1.165) is 27.5 Å². The molecule has 0 radical (unpaired) electrons. The number of aromatic nitrogens is 1. The molecular weight excluding hydrogens is 521 g/mol. The number of benzene rings is 2. The maximum atomic E-state index is 13.4. The Hall–Kier alpha value is -3.46. The van der Waals surface area contributed by atoms with Gasteiger partial charge in [-0.1, -0.05) is 35.3 Å². The van der Waals surface area contributed by atoms with Crippen LogP contribution in [0.4, 0.5) is 5.69 Å². The van der Waals surface area contributed by atoms with E-state index in [-0.39, 0.29) is 26.4 Å². The minimum absolute atomic E-state index is 0.0907. The number of amides is 2. The molecule has 0 unspecified atom stereocenters. The molecule has 1 aromatic heterocycles. The van der Waals surface area contributed by atoms with Gasteiger partial charge in [-0.15, -0.1) is 0 Å². The van der Waals surface area contributed by atoms with Gasteiger partial charge in [-0.2, -0.15) is 0 Å². The average Bonchev–Trinajstić information content (AvgIpc) is 3.11. The molecule has 0 bridgehead atoms. The normalized spacial score (nSPS) is 14.9. The van der Waals surface area contributed by atoms with Crippen molar-refractivity contribution in [3.8, 4) is 5.69 Å². The fraction of sp³-hybridized carbons (Fsp3) is 0.154. The van der Waals surface area contributed by atoms with Crippen molar-refractivity contribution in [2.24, 2.45) is 0 Å². The largest absolute Gasteiger partial charge is 0.465 e. The van der Waals surface area contributed by atoms with Gasteiger partial charge < -0.3 is 9.30 Å². The predicted molar refractivity (Wildman–Crippen MR) is 144 cm³/mol. The van der Waals surface area contributed by atoms with Crippen molar-refractivity contribution < 1.29 is 19.1 Å². The lowest BCUT2D eigenvalue weighted by Crippen LogP contribution is -2.54. The summed E-state index contributed by atoms with van der Waals surface area (Å²) in [5.74, 6) is -1.68. The zero-order valence-corrected chi connectivity index (χ0v) is 22.1. The van der Waals surface area contributed by atoms with Gasteiger partial charge >= 0.3 is 5.97 Å². The SMILES string of the molecule is COC(=O)c1ccc(C)c(-n2c(C)cc(/C=C3\C(=O)NC(=S)N(c4cccc(Cl)c4Cl)C3=O)c2C)c1. The first-order valence-electron chi connectivity index (χ1n) is 10.8. The molecule has 1 fully saturated rings. The molecule has 0 aliphatic carbocycles. The van der Waals surface area contributed by atoms with Gasteiger partial charge in [0.05, 0.1) is 28.4 Å². The van der Waals surface area contributed by atoms with Gasteiger partial charge in [-0.3, -0.25) is 19.8 Å². The first-order chi connectivity index (χ1) is 17.0. The van der Waals surface area contributed by atoms with Crippen LogP contribution in [-0.4, -0.2) is 34.6 Å². The number of carbonyl (C=O) groups is 3. The minimum atomic E-state index is -0.624. The van der Waals surface area contributed by atoms with Crippen LogP contribution in [0, 0.1) is 20.8 Å². The van der Waals surface area contributed by atoms with Crippen molar-refractivity contribution in [1.29, 1.82) is 0 Å². The number of rotatable bonds is 4. The van der Waals surface area contributed by atoms with E-state index in [1.807, 2.05) is 37.5 Å². The number of nitrogens with zero attached hydrogens (tertiary/aromatic N) is 2. The lowest BCUT2D eigenvalue weighted by atomic mass is 10.1. The summed E-state index contributed by atoms with van der Waals surface area (Å²) < 4.78 is 6.81. The molecule has 3 aromatic rings. The van der Waals surface area contributed by atoms with Gasteiger partial charge in [-0.25, -0.2) is 4.79 Å². The Morgan fingerprint density at radius 2 is 1.78 bits per heavy atom. The Bertz CT molecular complexity index is 1490. The fourth-order valence-electron chi connectivity index (χ4n) is 4.10. The van der Waals surface area contributed by atoms with Gasteiger partial charge in [0.25, 0.3) is 11.8 Å². The van der Waals surface area contributed by atoms with Crippen LogP contribution < -0.4 is 10.2 Å². The molecule has 1 aliphatic heterocycles. The third-order valence-electron chi connectivity index (χ3n) is 5.92. The van der Waals surface area contributed by atoms with Crippen molar-refractivity contribution in [3.63, 3.8) is 0 Å². The second kappa shape index (κ2) is 9.89. The third kappa shape index (κ3) is 4.43. The van der Waals surface area contributed by atoms with E-state index in [9.17, 15) is 14.4 Å². The standard InChI is InChI=1S/C26H21Cl2N3O4S/c1-13-8-9-16(25(34)35-4)12-21(13)30-14(2)10-17(15(30)3)11-18-23(32)29-26(36)31(24(18)33)20-7-5-6-19(27)22(20)28/h5-12H,1-4H3,(H,29,32,36)/b18-11+. The smallest absolute Gasteiger partial charge is 0.337 e. The Morgan fingerprint density at radius 3 is 2.47 bits per heavy atom. The molecule has 10 heteroatoms. The zero-order valence-electron chi connectivity index (χ0n) is 19.8. The molecule has 1 N–H and O–H groups in total. The van der Waals surface area contributed by atoms with Gasteiger partial charge in [0.15, 0.2) is 5.11 Å². The summed E-state index contributed by atoms with van der Waals surface area (Å²) in [6.07, 6.45) is 1.52. The fourth-order valence-corrected chi connectivity index (χ4v) is 4.75. The second-order valence-electron chi connectivity index (χ2n) is 8.19. The number of methoxy groups -OCH3 is 1. The molecule has 7 nitrogen and oxygen atoms in total. The highest BCUT2D eigenvalue weighted by Crippen LogP contribution is 2.35. The Morgan fingerprint density at radius 1 is 1.06 bits per heavy atom. The zero-order chi connectivity index (χ0) is 26.3. The van der Waals surface area contributed by atoms with Crippen molar-refractivity contribution in [2.45, 2.75) is 20.8 Å². The number of esters is 1. The highest BCUT2D eigenvalue weighted by atomic mass is 35.5. The number of thiocarbonyl (C=S) groups is 1. The summed E-state index contributed by atoms with van der Waals surface area (Å²) in [6, 6.07) is 12.0. The molecule has 0 spiro atoms. The summed E-state index contributed by atoms with van der Waals surface area (Å²) in [7, 11) is 1.33. The molecule has 2 amide bonds.